The Kier molecular flexibility index (Phi) is 44.1. The third-order valence-electron chi connectivity index (χ3n) is 0. The Bertz CT molecular complexity index is 771. The van der Waals surface area contributed by atoms with Crippen LogP contribution < -0.4 is 0 Å². The van der Waals surface area contributed by atoms with Gasteiger partial charge in [-0.3, -0.25) is 50.5 Å². The van der Waals surface area contributed by atoms with Crippen molar-refractivity contribution in [3.05, 3.63) is 0 Å². The van der Waals surface area contributed by atoms with Crippen LogP contribution in [0.25, 0.3) is 0 Å². The molecule has 33 heteroatoms. The predicted molar refractivity (Wildman–Crippen MR) is 62.8 cm³/mol. The topological polar surface area (TPSA) is 482 Å². The zero-order chi connectivity index (χ0) is 27.0. The summed E-state index contributed by atoms with van der Waals surface area (Å²) in [6.45, 7) is 0. The predicted octanol–water partition coefficient (Wildman–Crippen LogP) is -8.04. The molecule has 0 aliphatic carbocycles. The molecule has 24 nitrogen and oxygen atoms in total. The average Bonchev–Trinajstić information content (AvgIpc) is 1.94. The summed E-state index contributed by atoms with van der Waals surface area (Å²) in [5.41, 5.74) is 0. The molecule has 0 aromatic rings. The largest absolute Gasteiger partial charge is 2.00 e. The molecule has 0 fully saturated rings. The minimum absolute atomic E-state index is 0. The van der Waals surface area contributed by atoms with Gasteiger partial charge in [-0.25, -0.2) is 0 Å². The van der Waals surface area contributed by atoms with Crippen LogP contribution in [-0.2, 0) is 117 Å². The van der Waals surface area contributed by atoms with E-state index in [1.165, 1.54) is 0 Å². The second-order valence-electron chi connectivity index (χ2n) is 2.45. The fourth-order valence-corrected chi connectivity index (χ4v) is 0. The summed E-state index contributed by atoms with van der Waals surface area (Å²) in [6, 6.07) is 0. The molecule has 0 amide bonds. The number of hydrogen-bond donors (Lipinski definition) is 0. The van der Waals surface area contributed by atoms with Gasteiger partial charge in [-0.1, -0.05) is 0 Å². The van der Waals surface area contributed by atoms with Crippen molar-refractivity contribution >= 4 is 62.4 Å². The number of rotatable bonds is 0. The van der Waals surface area contributed by atoms with E-state index in [9.17, 15) is 0 Å². The van der Waals surface area contributed by atoms with Gasteiger partial charge in [-0.2, -0.15) is 0 Å². The molecule has 0 aliphatic rings. The summed E-state index contributed by atoms with van der Waals surface area (Å²) >= 11 is 0. The third-order valence-corrected chi connectivity index (χ3v) is 0. The molecular weight excluding hydrogens is 733 g/mol. The van der Waals surface area contributed by atoms with Gasteiger partial charge < -0.3 is 54.6 Å². The van der Waals surface area contributed by atoms with Crippen LogP contribution in [0.4, 0.5) is 0 Å². The van der Waals surface area contributed by atoms with Crippen molar-refractivity contribution in [2.45, 2.75) is 0 Å². The Morgan fingerprint density at radius 1 is 0.242 bits per heavy atom. The molecule has 3 radical (unpaired) electrons. The van der Waals surface area contributed by atoms with Crippen LogP contribution >= 0.6 is 0 Å². The maximum Gasteiger partial charge on any atom is 2.00 e. The maximum absolute atomic E-state index is 8.52. The first-order valence-corrected chi connectivity index (χ1v) is 12.0. The Labute approximate surface area is 220 Å². The molecule has 0 aromatic carbocycles. The van der Waals surface area contributed by atoms with Crippen LogP contribution in [0.3, 0.4) is 0 Å². The van der Waals surface area contributed by atoms with Crippen molar-refractivity contribution in [2.24, 2.45) is 0 Å². The quantitative estimate of drug-likeness (QED) is 0.127. The van der Waals surface area contributed by atoms with Crippen LogP contribution in [0.15, 0.2) is 0 Å². The van der Waals surface area contributed by atoms with Gasteiger partial charge in [0.1, 0.15) is 0 Å². The van der Waals surface area contributed by atoms with E-state index in [4.69, 9.17) is 105 Å². The summed E-state index contributed by atoms with van der Waals surface area (Å²) in [4.78, 5) is 0. The van der Waals surface area contributed by atoms with Gasteiger partial charge in [0.2, 0.25) is 0 Å². The van der Waals surface area contributed by atoms with E-state index >= 15 is 0 Å². The molecule has 0 atom stereocenters. The molecule has 0 saturated heterocycles. The van der Waals surface area contributed by atoms with E-state index in [-0.39, 0.29) is 54.2 Å². The fraction of sp³-hybridized carbons (Fsp3) is 0. The molecule has 0 rings (SSSR count). The van der Waals surface area contributed by atoms with Crippen molar-refractivity contribution in [3.63, 3.8) is 0 Å². The standard InChI is InChI=1S/Mn.6H2O4S.2V/c;6*1-5(2,3)4;;/h;6*(H2,1,2,3,4);;/q+2;;;;;;;;/p-12. The van der Waals surface area contributed by atoms with Crippen molar-refractivity contribution in [1.82, 2.24) is 0 Å². The van der Waals surface area contributed by atoms with Gasteiger partial charge in [0.05, 0.1) is 0 Å². The van der Waals surface area contributed by atoms with E-state index < -0.39 is 62.4 Å². The molecule has 0 spiro atoms. The SMILES string of the molecule is O=S(=O)([O-])[O-].O=S(=O)([O-])[O-].O=S(=O)([O-])[O-].O=S(=O)([O-])[O-].O=S(=O)([O-])[O-].O=S(=O)([O-])[O-].[Mn+2].[V].[V]. The van der Waals surface area contributed by atoms with Crippen molar-refractivity contribution in [2.75, 3.05) is 0 Å². The summed E-state index contributed by atoms with van der Waals surface area (Å²) in [5.74, 6) is 0. The molecular formula is MnO24S6V2-10. The summed E-state index contributed by atoms with van der Waals surface area (Å²) in [5, 5.41) is 0. The second-order valence-corrected chi connectivity index (χ2v) is 7.35. The van der Waals surface area contributed by atoms with Gasteiger partial charge in [0.25, 0.3) is 0 Å². The molecule has 0 unspecified atom stereocenters. The smallest absolute Gasteiger partial charge is 0.759 e. The zero-order valence-corrected chi connectivity index (χ0v) is 22.4. The van der Waals surface area contributed by atoms with Gasteiger partial charge in [-0.15, -0.1) is 0 Å². The minimum Gasteiger partial charge on any atom is -0.759 e. The van der Waals surface area contributed by atoms with E-state index in [1.807, 2.05) is 0 Å². The van der Waals surface area contributed by atoms with Crippen LogP contribution in [0.1, 0.15) is 0 Å². The zero-order valence-electron chi connectivity index (χ0n) is 13.5. The van der Waals surface area contributed by atoms with Crippen molar-refractivity contribution < 1.29 is 159 Å². The number of hydrogen-bond acceptors (Lipinski definition) is 24. The molecule has 0 saturated carbocycles. The molecule has 0 heterocycles. The van der Waals surface area contributed by atoms with E-state index in [0.717, 1.165) is 0 Å². The molecule has 0 N–H and O–H groups in total. The first-order chi connectivity index (χ1) is 12.0. The van der Waals surface area contributed by atoms with Crippen molar-refractivity contribution in [1.29, 1.82) is 0 Å². The van der Waals surface area contributed by atoms with E-state index in [1.54, 1.807) is 0 Å². The molecule has 0 aromatic heterocycles. The monoisotopic (exact) mass is 733 g/mol. The first kappa shape index (κ1) is 59.2. The molecule has 207 valence electrons. The van der Waals surface area contributed by atoms with Gasteiger partial charge in [0, 0.05) is 99.5 Å². The van der Waals surface area contributed by atoms with E-state index in [2.05, 4.69) is 0 Å². The van der Waals surface area contributed by atoms with Crippen LogP contribution in [0.2, 0.25) is 0 Å². The Morgan fingerprint density at radius 2 is 0.242 bits per heavy atom. The van der Waals surface area contributed by atoms with Gasteiger partial charge in [0.15, 0.2) is 0 Å². The fourth-order valence-electron chi connectivity index (χ4n) is 0. The molecule has 33 heavy (non-hydrogen) atoms. The molecule has 0 aliphatic heterocycles. The van der Waals surface area contributed by atoms with Crippen molar-refractivity contribution in [3.8, 4) is 0 Å². The average molecular weight is 733 g/mol. The van der Waals surface area contributed by atoms with Crippen LogP contribution in [-0.4, -0.2) is 105 Å². The Hall–Kier alpha value is 0.908. The Balaban J connectivity index is -0.0000000294. The van der Waals surface area contributed by atoms with Gasteiger partial charge in [-0.05, 0) is 0 Å². The first-order valence-electron chi connectivity index (χ1n) is 4.00. The summed E-state index contributed by atoms with van der Waals surface area (Å²) in [7, 11) is -31.0. The minimum atomic E-state index is -5.17. The van der Waals surface area contributed by atoms with Crippen LogP contribution in [0, 0.1) is 0 Å². The van der Waals surface area contributed by atoms with E-state index in [0.29, 0.717) is 0 Å². The second kappa shape index (κ2) is 24.6. The molecule has 0 bridgehead atoms. The normalized spacial score (nSPS) is 10.5. The van der Waals surface area contributed by atoms with Crippen LogP contribution in [0.5, 0.6) is 0 Å². The third kappa shape index (κ3) is 38100. The summed E-state index contributed by atoms with van der Waals surface area (Å²) in [6.07, 6.45) is 0. The Morgan fingerprint density at radius 3 is 0.242 bits per heavy atom. The maximum atomic E-state index is 8.52. The summed E-state index contributed by atoms with van der Waals surface area (Å²) < 4.78 is 205. The van der Waals surface area contributed by atoms with Gasteiger partial charge >= 0.3 is 17.1 Å².